The van der Waals surface area contributed by atoms with E-state index in [1.807, 2.05) is 29.8 Å². The van der Waals surface area contributed by atoms with E-state index in [0.29, 0.717) is 17.2 Å². The first-order chi connectivity index (χ1) is 9.15. The molecule has 1 aliphatic carbocycles. The number of hydrogen-bond acceptors (Lipinski definition) is 3. The second-order valence-electron chi connectivity index (χ2n) is 4.91. The van der Waals surface area contributed by atoms with E-state index in [9.17, 15) is 4.79 Å². The Morgan fingerprint density at radius 3 is 3.05 bits per heavy atom. The summed E-state index contributed by atoms with van der Waals surface area (Å²) >= 11 is 7.58. The Balaban J connectivity index is 1.92. The summed E-state index contributed by atoms with van der Waals surface area (Å²) in [5.74, 6) is 0.362. The molecular weight excluding hydrogens is 280 g/mol. The molecule has 19 heavy (non-hydrogen) atoms. The van der Waals surface area contributed by atoms with E-state index in [0.717, 1.165) is 35.5 Å². The smallest absolute Gasteiger partial charge is 0.169 e. The van der Waals surface area contributed by atoms with Crippen LogP contribution in [0, 0.1) is 0 Å². The predicted octanol–water partition coefficient (Wildman–Crippen LogP) is 3.83. The van der Waals surface area contributed by atoms with Crippen molar-refractivity contribution in [3.63, 3.8) is 0 Å². The van der Waals surface area contributed by atoms with E-state index in [1.165, 1.54) is 0 Å². The topological polar surface area (TPSA) is 34.9 Å². The van der Waals surface area contributed by atoms with Crippen LogP contribution in [0.3, 0.4) is 0 Å². The van der Waals surface area contributed by atoms with Crippen molar-refractivity contribution in [1.82, 2.24) is 9.55 Å². The number of carbonyl (C=O) groups is 1. The lowest BCUT2D eigenvalue weighted by molar-refractivity contribution is -0.119. The highest BCUT2D eigenvalue weighted by molar-refractivity contribution is 8.00. The summed E-state index contributed by atoms with van der Waals surface area (Å²) in [5, 5.41) is 1.66. The number of fused-ring (bicyclic) bond motifs is 1. The van der Waals surface area contributed by atoms with Gasteiger partial charge in [-0.05, 0) is 31.0 Å². The molecule has 0 aliphatic heterocycles. The molecule has 1 saturated carbocycles. The van der Waals surface area contributed by atoms with Crippen LogP contribution in [0.1, 0.15) is 25.7 Å². The number of thioether (sulfide) groups is 1. The maximum Gasteiger partial charge on any atom is 0.169 e. The maximum absolute atomic E-state index is 11.9. The largest absolute Gasteiger partial charge is 0.322 e. The first-order valence-electron chi connectivity index (χ1n) is 6.46. The van der Waals surface area contributed by atoms with Crippen LogP contribution in [0.25, 0.3) is 11.0 Å². The number of nitrogens with zero attached hydrogens (tertiary/aromatic N) is 2. The Bertz CT molecular complexity index is 638. The number of imidazole rings is 1. The Morgan fingerprint density at radius 1 is 1.42 bits per heavy atom. The highest BCUT2D eigenvalue weighted by atomic mass is 35.5. The van der Waals surface area contributed by atoms with Gasteiger partial charge >= 0.3 is 0 Å². The monoisotopic (exact) mass is 294 g/mol. The zero-order valence-electron chi connectivity index (χ0n) is 10.7. The van der Waals surface area contributed by atoms with E-state index in [4.69, 9.17) is 11.6 Å². The van der Waals surface area contributed by atoms with Crippen LogP contribution in [0.4, 0.5) is 0 Å². The molecule has 0 N–H and O–H groups in total. The van der Waals surface area contributed by atoms with Gasteiger partial charge in [0.25, 0.3) is 0 Å². The second kappa shape index (κ2) is 5.17. The fourth-order valence-corrected chi connectivity index (χ4v) is 3.82. The molecule has 100 valence electrons. The van der Waals surface area contributed by atoms with Gasteiger partial charge in [-0.15, -0.1) is 0 Å². The average Bonchev–Trinajstić information content (AvgIpc) is 2.68. The van der Waals surface area contributed by atoms with Gasteiger partial charge in [0.15, 0.2) is 5.16 Å². The molecule has 1 aromatic carbocycles. The second-order valence-corrected chi connectivity index (χ2v) is 6.51. The summed E-state index contributed by atoms with van der Waals surface area (Å²) in [4.78, 5) is 16.5. The van der Waals surface area contributed by atoms with E-state index in [-0.39, 0.29) is 5.25 Å². The maximum atomic E-state index is 11.9. The summed E-state index contributed by atoms with van der Waals surface area (Å²) in [6.45, 7) is 0. The molecule has 1 heterocycles. The predicted molar refractivity (Wildman–Crippen MR) is 78.8 cm³/mol. The highest BCUT2D eigenvalue weighted by Gasteiger charge is 2.25. The van der Waals surface area contributed by atoms with Crippen molar-refractivity contribution < 1.29 is 4.79 Å². The molecular formula is C14H15ClN2OS. The number of benzene rings is 1. The first kappa shape index (κ1) is 13.0. The van der Waals surface area contributed by atoms with Gasteiger partial charge in [0, 0.05) is 18.5 Å². The van der Waals surface area contributed by atoms with Crippen molar-refractivity contribution in [2.75, 3.05) is 0 Å². The van der Waals surface area contributed by atoms with Crippen LogP contribution in [-0.4, -0.2) is 20.6 Å². The zero-order chi connectivity index (χ0) is 13.4. The van der Waals surface area contributed by atoms with Gasteiger partial charge in [-0.25, -0.2) is 4.98 Å². The van der Waals surface area contributed by atoms with E-state index in [1.54, 1.807) is 11.8 Å². The summed E-state index contributed by atoms with van der Waals surface area (Å²) in [6.07, 6.45) is 3.86. The Kier molecular flexibility index (Phi) is 3.54. The third-order valence-corrected chi connectivity index (χ3v) is 5.14. The molecule has 5 heteroatoms. The molecule has 1 aliphatic rings. The van der Waals surface area contributed by atoms with Gasteiger partial charge in [-0.1, -0.05) is 29.8 Å². The third-order valence-electron chi connectivity index (χ3n) is 3.55. The number of ketones is 1. The van der Waals surface area contributed by atoms with Crippen molar-refractivity contribution >= 4 is 40.2 Å². The van der Waals surface area contributed by atoms with Crippen molar-refractivity contribution in [3.8, 4) is 0 Å². The molecule has 0 saturated heterocycles. The lowest BCUT2D eigenvalue weighted by atomic mass is 9.99. The van der Waals surface area contributed by atoms with Gasteiger partial charge < -0.3 is 4.57 Å². The molecule has 1 unspecified atom stereocenters. The zero-order valence-corrected chi connectivity index (χ0v) is 12.3. The molecule has 1 fully saturated rings. The van der Waals surface area contributed by atoms with Crippen LogP contribution in [-0.2, 0) is 11.8 Å². The number of halogens is 1. The van der Waals surface area contributed by atoms with Crippen LogP contribution in [0.2, 0.25) is 5.02 Å². The van der Waals surface area contributed by atoms with Crippen LogP contribution in [0.5, 0.6) is 0 Å². The third kappa shape index (κ3) is 2.51. The van der Waals surface area contributed by atoms with Gasteiger partial charge in [0.2, 0.25) is 0 Å². The molecule has 1 atom stereocenters. The number of rotatable bonds is 2. The van der Waals surface area contributed by atoms with Crippen molar-refractivity contribution in [3.05, 3.63) is 23.2 Å². The van der Waals surface area contributed by atoms with Crippen molar-refractivity contribution in [2.24, 2.45) is 7.05 Å². The summed E-state index contributed by atoms with van der Waals surface area (Å²) in [6, 6.07) is 5.70. The van der Waals surface area contributed by atoms with Gasteiger partial charge in [-0.2, -0.15) is 0 Å². The lowest BCUT2D eigenvalue weighted by Crippen LogP contribution is -2.21. The molecule has 2 aromatic rings. The van der Waals surface area contributed by atoms with Gasteiger partial charge in [0.1, 0.15) is 5.78 Å². The number of aryl methyl sites for hydroxylation is 1. The summed E-state index contributed by atoms with van der Waals surface area (Å²) in [5.41, 5.74) is 1.94. The number of aromatic nitrogens is 2. The Labute approximate surface area is 121 Å². The molecule has 0 bridgehead atoms. The first-order valence-corrected chi connectivity index (χ1v) is 7.72. The minimum Gasteiger partial charge on any atom is -0.322 e. The van der Waals surface area contributed by atoms with E-state index < -0.39 is 0 Å². The van der Waals surface area contributed by atoms with Crippen LogP contribution in [0.15, 0.2) is 23.4 Å². The van der Waals surface area contributed by atoms with E-state index in [2.05, 4.69) is 4.98 Å². The summed E-state index contributed by atoms with van der Waals surface area (Å²) in [7, 11) is 1.98. The van der Waals surface area contributed by atoms with E-state index >= 15 is 0 Å². The number of carbonyl (C=O) groups excluding carboxylic acids is 1. The Hall–Kier alpha value is -1.00. The summed E-state index contributed by atoms with van der Waals surface area (Å²) < 4.78 is 2.04. The molecule has 0 amide bonds. The minimum atomic E-state index is 0.0692. The molecule has 1 aromatic heterocycles. The average molecular weight is 295 g/mol. The van der Waals surface area contributed by atoms with Crippen LogP contribution >= 0.6 is 23.4 Å². The molecule has 3 rings (SSSR count). The molecule has 0 spiro atoms. The fourth-order valence-electron chi connectivity index (χ4n) is 2.46. The molecule has 3 nitrogen and oxygen atoms in total. The quantitative estimate of drug-likeness (QED) is 0.844. The highest BCUT2D eigenvalue weighted by Crippen LogP contribution is 2.33. The van der Waals surface area contributed by atoms with Crippen molar-refractivity contribution in [1.29, 1.82) is 0 Å². The van der Waals surface area contributed by atoms with Crippen molar-refractivity contribution in [2.45, 2.75) is 36.1 Å². The molecule has 0 radical (unpaired) electrons. The van der Waals surface area contributed by atoms with Gasteiger partial charge in [-0.3, -0.25) is 4.79 Å². The minimum absolute atomic E-state index is 0.0692. The Morgan fingerprint density at radius 2 is 2.26 bits per heavy atom. The number of hydrogen-bond donors (Lipinski definition) is 0. The van der Waals surface area contributed by atoms with Crippen LogP contribution < -0.4 is 0 Å². The standard InChI is InChI=1S/C14H15ClN2OS/c1-17-11-7-6-9(15)8-10(11)16-14(17)19-13-5-3-2-4-12(13)18/h6-8,13H,2-5H2,1H3. The lowest BCUT2D eigenvalue weighted by Gasteiger charge is -2.19. The number of Topliss-reactive ketones (excluding diaryl/α,β-unsaturated/α-hetero) is 1. The van der Waals surface area contributed by atoms with Gasteiger partial charge in [0.05, 0.1) is 16.3 Å². The SMILES string of the molecule is Cn1c(SC2CCCCC2=O)nc2cc(Cl)ccc21. The fraction of sp³-hybridized carbons (Fsp3) is 0.429. The normalized spacial score (nSPS) is 20.1.